The highest BCUT2D eigenvalue weighted by Gasteiger charge is 2.15. The van der Waals surface area contributed by atoms with Crippen molar-refractivity contribution < 1.29 is 24.3 Å². The second-order valence-electron chi connectivity index (χ2n) is 3.50. The summed E-state index contributed by atoms with van der Waals surface area (Å²) in [5, 5.41) is 8.82. The number of aromatic nitrogens is 1. The van der Waals surface area contributed by atoms with Crippen molar-refractivity contribution in [3.8, 4) is 0 Å². The first-order chi connectivity index (χ1) is 8.66. The Bertz CT molecular complexity index is 586. The predicted octanol–water partition coefficient (Wildman–Crippen LogP) is 0.0251. The fourth-order valence-electron chi connectivity index (χ4n) is 1.37. The Hall–Kier alpha value is -1.92. The quantitative estimate of drug-likeness (QED) is 0.631. The molecule has 19 heavy (non-hydrogen) atoms. The highest BCUT2D eigenvalue weighted by atomic mass is 24.3. The molecule has 0 atom stereocenters. The maximum absolute atomic E-state index is 11.8. The fourth-order valence-corrected chi connectivity index (χ4v) is 1.37. The van der Waals surface area contributed by atoms with Crippen molar-refractivity contribution in [2.24, 2.45) is 0 Å². The zero-order chi connectivity index (χ0) is 13.0. The Morgan fingerprint density at radius 2 is 1.63 bits per heavy atom. The number of nitrogens with zero attached hydrogens (tertiary/aromatic N) is 1. The number of pyridine rings is 1. The number of carbonyl (C=O) groups is 2. The van der Waals surface area contributed by atoms with Crippen molar-refractivity contribution in [1.29, 1.82) is 0 Å². The van der Waals surface area contributed by atoms with Gasteiger partial charge >= 0.3 is 35.0 Å². The van der Waals surface area contributed by atoms with Gasteiger partial charge in [0, 0.05) is 16.9 Å². The third kappa shape index (κ3) is 4.04. The van der Waals surface area contributed by atoms with E-state index < -0.39 is 11.9 Å². The van der Waals surface area contributed by atoms with Crippen LogP contribution in [0, 0.1) is 0 Å². The van der Waals surface area contributed by atoms with E-state index in [2.05, 4.69) is 0 Å². The van der Waals surface area contributed by atoms with Crippen LogP contribution in [0.4, 0.5) is 0 Å². The van der Waals surface area contributed by atoms with E-state index in [1.165, 1.54) is 29.0 Å². The summed E-state index contributed by atoms with van der Waals surface area (Å²) in [6.07, 6.45) is 3.14. The number of aromatic carboxylic acids is 1. The zero-order valence-corrected chi connectivity index (χ0v) is 9.32. The zero-order valence-electron chi connectivity index (χ0n) is 9.32. The molecule has 1 aromatic heterocycles. The van der Waals surface area contributed by atoms with Crippen LogP contribution < -0.4 is 9.57 Å². The number of carbonyl (C=O) groups excluding carboxylic acids is 1. The molecule has 0 amide bonds. The van der Waals surface area contributed by atoms with Crippen LogP contribution in [0.3, 0.4) is 0 Å². The minimum absolute atomic E-state index is 0. The lowest BCUT2D eigenvalue weighted by molar-refractivity contribution is -0.868. The minimum Gasteiger partial charge on any atom is -0.478 e. The van der Waals surface area contributed by atoms with Gasteiger partial charge in [-0.3, -0.25) is 0 Å². The fraction of sp³-hybridized carbons (Fsp3) is 0. The van der Waals surface area contributed by atoms with Gasteiger partial charge in [-0.15, -0.1) is 0 Å². The highest BCUT2D eigenvalue weighted by Crippen LogP contribution is 2.05. The van der Waals surface area contributed by atoms with E-state index in [4.69, 9.17) is 9.94 Å². The molecule has 0 spiro atoms. The van der Waals surface area contributed by atoms with E-state index in [1.54, 1.807) is 30.6 Å². The first-order valence-corrected chi connectivity index (χ1v) is 5.19. The molecule has 2 rings (SSSR count). The second-order valence-corrected chi connectivity index (χ2v) is 3.50. The SMILES string of the molecule is O=C(O)c1cccc(C(=O)O[n+]2ccccc2)c1.[MgH2]. The van der Waals surface area contributed by atoms with Crippen LogP contribution in [0.5, 0.6) is 0 Å². The summed E-state index contributed by atoms with van der Waals surface area (Å²) < 4.78 is 1.25. The molecule has 1 heterocycles. The Balaban J connectivity index is 0.00000180. The molecule has 0 aliphatic rings. The summed E-state index contributed by atoms with van der Waals surface area (Å²) >= 11 is 0. The van der Waals surface area contributed by atoms with Crippen LogP contribution in [0.25, 0.3) is 0 Å². The Morgan fingerprint density at radius 3 is 2.26 bits per heavy atom. The molecule has 5 nitrogen and oxygen atoms in total. The molecule has 0 aliphatic carbocycles. The molecular weight excluding hydrogens is 258 g/mol. The molecule has 6 heteroatoms. The van der Waals surface area contributed by atoms with Gasteiger partial charge in [-0.2, -0.15) is 4.84 Å². The lowest BCUT2D eigenvalue weighted by Crippen LogP contribution is -2.45. The third-order valence-electron chi connectivity index (χ3n) is 2.22. The summed E-state index contributed by atoms with van der Waals surface area (Å²) in [7, 11) is 0. The summed E-state index contributed by atoms with van der Waals surface area (Å²) in [6, 6.07) is 10.9. The normalized spacial score (nSPS) is 9.26. The smallest absolute Gasteiger partial charge is 0.411 e. The average molecular weight is 271 g/mol. The molecule has 2 aromatic rings. The average Bonchev–Trinajstić information content (AvgIpc) is 2.40. The maximum Gasteiger partial charge on any atom is 0.411 e. The molecular formula is C13H12MgNO4+. The van der Waals surface area contributed by atoms with E-state index >= 15 is 0 Å². The van der Waals surface area contributed by atoms with Crippen LogP contribution in [-0.4, -0.2) is 40.1 Å². The van der Waals surface area contributed by atoms with Gasteiger partial charge in [0.05, 0.1) is 11.1 Å². The minimum atomic E-state index is -1.09. The molecule has 0 saturated carbocycles. The summed E-state index contributed by atoms with van der Waals surface area (Å²) in [5.41, 5.74) is 0.230. The topological polar surface area (TPSA) is 67.5 Å². The van der Waals surface area contributed by atoms with Gasteiger partial charge in [0.2, 0.25) is 12.4 Å². The molecule has 0 bridgehead atoms. The first-order valence-electron chi connectivity index (χ1n) is 5.19. The third-order valence-corrected chi connectivity index (χ3v) is 2.22. The Kier molecular flexibility index (Phi) is 5.47. The van der Waals surface area contributed by atoms with Gasteiger partial charge in [-0.25, -0.2) is 9.59 Å². The Labute approximate surface area is 125 Å². The van der Waals surface area contributed by atoms with Gasteiger partial charge in [-0.05, 0) is 18.2 Å². The summed E-state index contributed by atoms with van der Waals surface area (Å²) in [5.74, 6) is -1.70. The van der Waals surface area contributed by atoms with Crippen molar-refractivity contribution >= 4 is 35.0 Å². The second kappa shape index (κ2) is 6.86. The Morgan fingerprint density at radius 1 is 1.00 bits per heavy atom. The molecule has 1 N–H and O–H groups in total. The largest absolute Gasteiger partial charge is 0.478 e. The predicted molar refractivity (Wildman–Crippen MR) is 69.5 cm³/mol. The molecule has 0 radical (unpaired) electrons. The summed E-state index contributed by atoms with van der Waals surface area (Å²) in [4.78, 5) is 27.5. The number of carboxylic acid groups (broad SMARTS) is 1. The summed E-state index contributed by atoms with van der Waals surface area (Å²) in [6.45, 7) is 0. The number of carboxylic acids is 1. The van der Waals surface area contributed by atoms with E-state index in [9.17, 15) is 9.59 Å². The monoisotopic (exact) mass is 270 g/mol. The van der Waals surface area contributed by atoms with Gasteiger partial charge in [0.25, 0.3) is 0 Å². The van der Waals surface area contributed by atoms with Gasteiger partial charge < -0.3 is 5.11 Å². The number of rotatable bonds is 3. The van der Waals surface area contributed by atoms with Gasteiger partial charge in [-0.1, -0.05) is 12.1 Å². The van der Waals surface area contributed by atoms with E-state index in [1.807, 2.05) is 0 Å². The number of hydrogen-bond acceptors (Lipinski definition) is 3. The molecule has 0 aliphatic heterocycles. The highest BCUT2D eigenvalue weighted by molar-refractivity contribution is 5.94. The lowest BCUT2D eigenvalue weighted by atomic mass is 10.1. The molecule has 94 valence electrons. The van der Waals surface area contributed by atoms with Crippen molar-refractivity contribution in [3.63, 3.8) is 0 Å². The molecule has 0 saturated heterocycles. The number of hydrogen-bond donors (Lipinski definition) is 1. The maximum atomic E-state index is 11.8. The van der Waals surface area contributed by atoms with Gasteiger partial charge in [0.1, 0.15) is 0 Å². The van der Waals surface area contributed by atoms with Crippen molar-refractivity contribution in [3.05, 3.63) is 66.0 Å². The van der Waals surface area contributed by atoms with Crippen molar-refractivity contribution in [1.82, 2.24) is 0 Å². The van der Waals surface area contributed by atoms with E-state index in [0.29, 0.717) is 0 Å². The van der Waals surface area contributed by atoms with Crippen LogP contribution >= 0.6 is 0 Å². The van der Waals surface area contributed by atoms with Crippen LogP contribution in [0.15, 0.2) is 54.9 Å². The lowest BCUT2D eigenvalue weighted by Gasteiger charge is -1.99. The van der Waals surface area contributed by atoms with Gasteiger partial charge in [0.15, 0.2) is 0 Å². The van der Waals surface area contributed by atoms with Crippen LogP contribution in [-0.2, 0) is 0 Å². The van der Waals surface area contributed by atoms with Crippen LogP contribution in [0.1, 0.15) is 20.7 Å². The van der Waals surface area contributed by atoms with Crippen LogP contribution in [0.2, 0.25) is 0 Å². The van der Waals surface area contributed by atoms with Crippen molar-refractivity contribution in [2.75, 3.05) is 0 Å². The van der Waals surface area contributed by atoms with Crippen molar-refractivity contribution in [2.45, 2.75) is 0 Å². The van der Waals surface area contributed by atoms with E-state index in [0.717, 1.165) is 0 Å². The molecule has 1 aromatic carbocycles. The standard InChI is InChI=1S/C13H9NO4.Mg.2H/c15-12(16)10-5-4-6-11(9-10)13(17)18-14-7-2-1-3-8-14;;;/h1-9H;;;/p+1. The molecule has 0 unspecified atom stereocenters. The number of benzene rings is 1. The molecule has 0 fully saturated rings. The van der Waals surface area contributed by atoms with E-state index in [-0.39, 0.29) is 34.2 Å². The first kappa shape index (κ1) is 15.1.